The van der Waals surface area contributed by atoms with Gasteiger partial charge < -0.3 is 15.5 Å². The lowest BCUT2D eigenvalue weighted by Crippen LogP contribution is -2.43. The number of halogens is 4. The van der Waals surface area contributed by atoms with Crippen molar-refractivity contribution >= 4 is 33.0 Å². The van der Waals surface area contributed by atoms with Gasteiger partial charge in [0, 0.05) is 34.3 Å². The van der Waals surface area contributed by atoms with Crippen LogP contribution >= 0.6 is 11.6 Å². The number of hydrogen-bond donors (Lipinski definition) is 3. The van der Waals surface area contributed by atoms with Crippen LogP contribution in [0.25, 0.3) is 0 Å². The summed E-state index contributed by atoms with van der Waals surface area (Å²) in [4.78, 5) is 12.6. The third kappa shape index (κ3) is 3.90. The Balaban J connectivity index is 1.64. The Morgan fingerprint density at radius 2 is 1.73 bits per heavy atom. The Kier molecular flexibility index (Phi) is 6.18. The molecule has 0 saturated heterocycles. The molecule has 1 aromatic rings. The van der Waals surface area contributed by atoms with Crippen molar-refractivity contribution in [1.29, 1.82) is 0 Å². The molecule has 0 spiro atoms. The molecule has 4 rings (SSSR count). The van der Waals surface area contributed by atoms with Crippen LogP contribution in [0.1, 0.15) is 26.7 Å². The monoisotopic (exact) mass is 505 g/mol. The minimum absolute atomic E-state index is 0.0277. The van der Waals surface area contributed by atoms with Crippen molar-refractivity contribution in [3.05, 3.63) is 51.2 Å². The number of carbonyl (C=O) groups is 1. The van der Waals surface area contributed by atoms with Gasteiger partial charge in [-0.05, 0) is 36.7 Å². The number of sulfone groups is 1. The first-order valence-electron chi connectivity index (χ1n) is 10.5. The second kappa shape index (κ2) is 8.41. The number of carbonyl (C=O) groups excluding carboxylic acids is 1. The van der Waals surface area contributed by atoms with Gasteiger partial charge in [-0.25, -0.2) is 21.6 Å². The van der Waals surface area contributed by atoms with Gasteiger partial charge in [-0.1, -0.05) is 25.4 Å². The summed E-state index contributed by atoms with van der Waals surface area (Å²) in [5, 5.41) is 21.8. The standard InChI is InChI=1S/C22H23ClF3NO5S/c1-8-3-13(23)16(33(31,32)17-7-12-9(2)18(17)21(29)20(12)28)6-11(8)22(30)27-10-4-14(24)19(26)15(25)5-10/h4-6,8-9,12,17-18,20-21,28-29H,3,7H2,1-2H3,(H,27,30)/t8-,9-,12?,17-,18?,20+,21-/m1/s1. The topological polar surface area (TPSA) is 104 Å². The van der Waals surface area contributed by atoms with Crippen molar-refractivity contribution in [2.75, 3.05) is 5.32 Å². The molecule has 2 unspecified atom stereocenters. The lowest BCUT2D eigenvalue weighted by Gasteiger charge is -2.31. The zero-order valence-electron chi connectivity index (χ0n) is 17.7. The van der Waals surface area contributed by atoms with Crippen molar-refractivity contribution in [3.63, 3.8) is 0 Å². The third-order valence-electron chi connectivity index (χ3n) is 7.18. The molecule has 0 heterocycles. The summed E-state index contributed by atoms with van der Waals surface area (Å²) in [6.07, 6.45) is -0.796. The molecule has 33 heavy (non-hydrogen) atoms. The zero-order chi connectivity index (χ0) is 24.4. The summed E-state index contributed by atoms with van der Waals surface area (Å²) >= 11 is 6.30. The van der Waals surface area contributed by atoms with E-state index >= 15 is 0 Å². The third-order valence-corrected chi connectivity index (χ3v) is 9.93. The molecule has 0 radical (unpaired) electrons. The summed E-state index contributed by atoms with van der Waals surface area (Å²) in [5.74, 6) is -7.16. The van der Waals surface area contributed by atoms with Gasteiger partial charge >= 0.3 is 0 Å². The molecule has 11 heteroatoms. The highest BCUT2D eigenvalue weighted by molar-refractivity contribution is 7.96. The SMILES string of the molecule is C[C@H]1C2[C@@H](O)[C@@H](O)C1C[C@H]2S(=O)(=O)C1=C(Cl)C[C@@H](C)C(C(=O)Nc2cc(F)c(F)c(F)c2)=C1. The van der Waals surface area contributed by atoms with E-state index in [0.717, 1.165) is 6.08 Å². The second-order valence-electron chi connectivity index (χ2n) is 9.08. The van der Waals surface area contributed by atoms with Gasteiger partial charge in [0.05, 0.1) is 22.4 Å². The normalized spacial score (nSPS) is 33.9. The molecule has 2 bridgehead atoms. The summed E-state index contributed by atoms with van der Waals surface area (Å²) in [5.41, 5.74) is -0.298. The van der Waals surface area contributed by atoms with Crippen LogP contribution in [0.2, 0.25) is 0 Å². The van der Waals surface area contributed by atoms with Crippen LogP contribution in [-0.4, -0.2) is 42.0 Å². The molecule has 1 aromatic carbocycles. The van der Waals surface area contributed by atoms with Crippen LogP contribution in [0.3, 0.4) is 0 Å². The molecule has 0 aliphatic heterocycles. The average Bonchev–Trinajstić information content (AvgIpc) is 3.16. The number of fused-ring (bicyclic) bond motifs is 2. The van der Waals surface area contributed by atoms with Gasteiger partial charge in [0.1, 0.15) is 0 Å². The predicted molar refractivity (Wildman–Crippen MR) is 115 cm³/mol. The van der Waals surface area contributed by atoms with Crippen LogP contribution in [0.15, 0.2) is 33.7 Å². The second-order valence-corrected chi connectivity index (χ2v) is 11.7. The van der Waals surface area contributed by atoms with Crippen LogP contribution in [0.5, 0.6) is 0 Å². The quantitative estimate of drug-likeness (QED) is 0.545. The number of benzene rings is 1. The fraction of sp³-hybridized carbons (Fsp3) is 0.500. The fourth-order valence-corrected chi connectivity index (χ4v) is 8.34. The van der Waals surface area contributed by atoms with Crippen molar-refractivity contribution in [2.24, 2.45) is 23.7 Å². The molecule has 180 valence electrons. The van der Waals surface area contributed by atoms with Crippen molar-refractivity contribution < 1.29 is 36.6 Å². The Morgan fingerprint density at radius 3 is 2.27 bits per heavy atom. The van der Waals surface area contributed by atoms with Gasteiger partial charge in [0.15, 0.2) is 27.3 Å². The van der Waals surface area contributed by atoms with Crippen molar-refractivity contribution in [1.82, 2.24) is 0 Å². The number of aliphatic hydroxyl groups excluding tert-OH is 2. The molecule has 2 saturated carbocycles. The van der Waals surface area contributed by atoms with E-state index in [0.29, 0.717) is 12.1 Å². The lowest BCUT2D eigenvalue weighted by molar-refractivity contribution is -0.113. The summed E-state index contributed by atoms with van der Waals surface area (Å²) in [6, 6.07) is 1.24. The predicted octanol–water partition coefficient (Wildman–Crippen LogP) is 3.25. The number of amides is 1. The Morgan fingerprint density at radius 1 is 1.12 bits per heavy atom. The first-order chi connectivity index (χ1) is 15.3. The molecule has 3 aliphatic carbocycles. The van der Waals surface area contributed by atoms with Gasteiger partial charge in [0.25, 0.3) is 5.91 Å². The highest BCUT2D eigenvalue weighted by Gasteiger charge is 2.60. The zero-order valence-corrected chi connectivity index (χ0v) is 19.3. The van der Waals surface area contributed by atoms with Crippen molar-refractivity contribution in [2.45, 2.75) is 44.1 Å². The first kappa shape index (κ1) is 24.3. The van der Waals surface area contributed by atoms with Gasteiger partial charge in [-0.3, -0.25) is 4.79 Å². The highest BCUT2D eigenvalue weighted by atomic mass is 35.5. The van der Waals surface area contributed by atoms with Crippen LogP contribution in [-0.2, 0) is 14.6 Å². The van der Waals surface area contributed by atoms with E-state index in [1.807, 2.05) is 0 Å². The number of anilines is 1. The maximum Gasteiger partial charge on any atom is 0.251 e. The van der Waals surface area contributed by atoms with Gasteiger partial charge in [-0.15, -0.1) is 0 Å². The molecule has 2 fully saturated rings. The van der Waals surface area contributed by atoms with Crippen LogP contribution in [0.4, 0.5) is 18.9 Å². The van der Waals surface area contributed by atoms with Gasteiger partial charge in [-0.2, -0.15) is 0 Å². The van der Waals surface area contributed by atoms with E-state index in [2.05, 4.69) is 5.32 Å². The van der Waals surface area contributed by atoms with Gasteiger partial charge in [0.2, 0.25) is 0 Å². The van der Waals surface area contributed by atoms with E-state index < -0.39 is 62.5 Å². The molecule has 1 amide bonds. The first-order valence-corrected chi connectivity index (χ1v) is 12.4. The molecule has 0 aromatic heterocycles. The molecule has 3 aliphatic rings. The maximum atomic E-state index is 13.5. The Hall–Kier alpha value is -1.88. The van der Waals surface area contributed by atoms with E-state index in [9.17, 15) is 36.6 Å². The largest absolute Gasteiger partial charge is 0.390 e. The summed E-state index contributed by atoms with van der Waals surface area (Å²) in [7, 11) is -4.06. The minimum atomic E-state index is -4.06. The van der Waals surface area contributed by atoms with Crippen molar-refractivity contribution in [3.8, 4) is 0 Å². The maximum absolute atomic E-state index is 13.5. The van der Waals surface area contributed by atoms with Crippen LogP contribution < -0.4 is 5.32 Å². The number of aliphatic hydroxyl groups is 2. The number of rotatable bonds is 4. The molecular formula is C22H23ClF3NO5S. The molecular weight excluding hydrogens is 483 g/mol. The highest BCUT2D eigenvalue weighted by Crippen LogP contribution is 2.53. The van der Waals surface area contributed by atoms with E-state index in [4.69, 9.17) is 11.6 Å². The number of hydrogen-bond acceptors (Lipinski definition) is 5. The smallest absolute Gasteiger partial charge is 0.251 e. The molecule has 7 atom stereocenters. The number of allylic oxidation sites excluding steroid dienone is 2. The average molecular weight is 506 g/mol. The van der Waals surface area contributed by atoms with E-state index in [-0.39, 0.29) is 45.9 Å². The Labute approximate surface area is 194 Å². The fourth-order valence-electron chi connectivity index (χ4n) is 5.42. The lowest BCUT2D eigenvalue weighted by atomic mass is 9.92. The number of nitrogens with one attached hydrogen (secondary N) is 1. The van der Waals surface area contributed by atoms with E-state index in [1.165, 1.54) is 0 Å². The summed E-state index contributed by atoms with van der Waals surface area (Å²) < 4.78 is 67.2. The molecule has 6 nitrogen and oxygen atoms in total. The molecule has 3 N–H and O–H groups in total. The summed E-state index contributed by atoms with van der Waals surface area (Å²) in [6.45, 7) is 3.43. The minimum Gasteiger partial charge on any atom is -0.390 e. The Bertz CT molecular complexity index is 1160. The van der Waals surface area contributed by atoms with Crippen LogP contribution in [0, 0.1) is 41.1 Å². The van der Waals surface area contributed by atoms with E-state index in [1.54, 1.807) is 13.8 Å².